The summed E-state index contributed by atoms with van der Waals surface area (Å²) in [6, 6.07) is 6.59. The van der Waals surface area contributed by atoms with Crippen molar-refractivity contribution in [3.05, 3.63) is 29.8 Å². The summed E-state index contributed by atoms with van der Waals surface area (Å²) in [7, 11) is 2.02. The van der Waals surface area contributed by atoms with Gasteiger partial charge in [-0.05, 0) is 25.2 Å². The van der Waals surface area contributed by atoms with Crippen LogP contribution in [0.2, 0.25) is 0 Å². The lowest BCUT2D eigenvalue weighted by atomic mass is 10.2. The normalized spacial score (nSPS) is 17.1. The molecule has 0 atom stereocenters. The van der Waals surface area contributed by atoms with Gasteiger partial charge in [0.15, 0.2) is 0 Å². The summed E-state index contributed by atoms with van der Waals surface area (Å²) in [6.07, 6.45) is 0.194. The maximum atomic E-state index is 10.7. The maximum absolute atomic E-state index is 10.7. The molecule has 1 fully saturated rings. The first-order valence-electron chi connectivity index (χ1n) is 4.84. The summed E-state index contributed by atoms with van der Waals surface area (Å²) in [4.78, 5) is 12.9. The molecule has 1 aromatic carbocycles. The number of aromatic carboxylic acids is 1. The Morgan fingerprint density at radius 1 is 1.53 bits per heavy atom. The Morgan fingerprint density at radius 3 is 2.87 bits per heavy atom. The quantitative estimate of drug-likeness (QED) is 0.805. The zero-order chi connectivity index (χ0) is 10.8. The number of benzene rings is 1. The monoisotopic (exact) mass is 207 g/mol. The van der Waals surface area contributed by atoms with Crippen molar-refractivity contribution in [2.24, 2.45) is 0 Å². The molecule has 2 rings (SSSR count). The summed E-state index contributed by atoms with van der Waals surface area (Å²) in [5.74, 6) is -0.292. The SMILES string of the molecule is CN1CC(Oc2cccc(C(=O)O)c2)C1. The number of likely N-dealkylation sites (tertiary alicyclic amines) is 1. The maximum Gasteiger partial charge on any atom is 0.335 e. The van der Waals surface area contributed by atoms with Gasteiger partial charge in [0.2, 0.25) is 0 Å². The highest BCUT2D eigenvalue weighted by atomic mass is 16.5. The number of ether oxygens (including phenoxy) is 1. The van der Waals surface area contributed by atoms with Crippen LogP contribution in [-0.4, -0.2) is 42.2 Å². The van der Waals surface area contributed by atoms with E-state index in [0.717, 1.165) is 13.1 Å². The fourth-order valence-electron chi connectivity index (χ4n) is 1.61. The lowest BCUT2D eigenvalue weighted by Crippen LogP contribution is -2.51. The molecule has 1 aliphatic rings. The number of likely N-dealkylation sites (N-methyl/N-ethyl adjacent to an activating group) is 1. The van der Waals surface area contributed by atoms with E-state index in [-0.39, 0.29) is 11.7 Å². The van der Waals surface area contributed by atoms with Gasteiger partial charge in [-0.3, -0.25) is 4.90 Å². The Bertz CT molecular complexity index is 372. The average Bonchev–Trinajstić information content (AvgIpc) is 2.16. The van der Waals surface area contributed by atoms with E-state index in [1.807, 2.05) is 7.05 Å². The van der Waals surface area contributed by atoms with Crippen LogP contribution in [-0.2, 0) is 0 Å². The van der Waals surface area contributed by atoms with Crippen molar-refractivity contribution in [3.63, 3.8) is 0 Å². The third kappa shape index (κ3) is 2.27. The number of carbonyl (C=O) groups is 1. The first-order chi connectivity index (χ1) is 7.15. The molecule has 0 saturated carbocycles. The minimum Gasteiger partial charge on any atom is -0.488 e. The summed E-state index contributed by atoms with van der Waals surface area (Å²) in [5, 5.41) is 8.79. The molecule has 1 aromatic rings. The lowest BCUT2D eigenvalue weighted by molar-refractivity contribution is 0.0386. The molecule has 0 amide bonds. The molecule has 0 bridgehead atoms. The molecule has 1 N–H and O–H groups in total. The van der Waals surface area contributed by atoms with Crippen LogP contribution >= 0.6 is 0 Å². The van der Waals surface area contributed by atoms with Gasteiger partial charge < -0.3 is 9.84 Å². The van der Waals surface area contributed by atoms with Crippen LogP contribution in [0.25, 0.3) is 0 Å². The number of carboxylic acids is 1. The van der Waals surface area contributed by atoms with Gasteiger partial charge in [-0.2, -0.15) is 0 Å². The number of rotatable bonds is 3. The molecule has 4 nitrogen and oxygen atoms in total. The van der Waals surface area contributed by atoms with Crippen molar-refractivity contribution < 1.29 is 14.6 Å². The van der Waals surface area contributed by atoms with Gasteiger partial charge in [0, 0.05) is 13.1 Å². The molecule has 80 valence electrons. The Balaban J connectivity index is 2.02. The molecule has 15 heavy (non-hydrogen) atoms. The molecule has 1 aliphatic heterocycles. The average molecular weight is 207 g/mol. The van der Waals surface area contributed by atoms with Gasteiger partial charge >= 0.3 is 5.97 Å². The van der Waals surface area contributed by atoms with Gasteiger partial charge in [0.05, 0.1) is 5.56 Å². The Morgan fingerprint density at radius 2 is 2.27 bits per heavy atom. The highest BCUT2D eigenvalue weighted by Gasteiger charge is 2.24. The second-order valence-corrected chi connectivity index (χ2v) is 3.79. The Kier molecular flexibility index (Phi) is 2.60. The van der Waals surface area contributed by atoms with E-state index in [2.05, 4.69) is 4.90 Å². The van der Waals surface area contributed by atoms with Crippen LogP contribution in [0.3, 0.4) is 0 Å². The van der Waals surface area contributed by atoms with Crippen molar-refractivity contribution in [3.8, 4) is 5.75 Å². The van der Waals surface area contributed by atoms with Crippen LogP contribution in [0.15, 0.2) is 24.3 Å². The van der Waals surface area contributed by atoms with Crippen molar-refractivity contribution in [2.45, 2.75) is 6.10 Å². The summed E-state index contributed by atoms with van der Waals surface area (Å²) >= 11 is 0. The first kappa shape index (κ1) is 9.98. The minimum atomic E-state index is -0.925. The zero-order valence-corrected chi connectivity index (χ0v) is 8.51. The molecule has 0 aliphatic carbocycles. The van der Waals surface area contributed by atoms with Gasteiger partial charge in [0.1, 0.15) is 11.9 Å². The second kappa shape index (κ2) is 3.90. The molecular formula is C11H13NO3. The van der Waals surface area contributed by atoms with E-state index in [1.165, 1.54) is 0 Å². The van der Waals surface area contributed by atoms with E-state index >= 15 is 0 Å². The third-order valence-electron chi connectivity index (χ3n) is 2.41. The third-order valence-corrected chi connectivity index (χ3v) is 2.41. The van der Waals surface area contributed by atoms with Gasteiger partial charge in [0.25, 0.3) is 0 Å². The Labute approximate surface area is 88.1 Å². The van der Waals surface area contributed by atoms with Gasteiger partial charge in [-0.15, -0.1) is 0 Å². The number of carboxylic acid groups (broad SMARTS) is 1. The summed E-state index contributed by atoms with van der Waals surface area (Å²) in [6.45, 7) is 1.80. The Hall–Kier alpha value is -1.55. The van der Waals surface area contributed by atoms with Gasteiger partial charge in [-0.25, -0.2) is 4.79 Å². The zero-order valence-electron chi connectivity index (χ0n) is 8.51. The molecule has 0 aromatic heterocycles. The first-order valence-corrected chi connectivity index (χ1v) is 4.84. The lowest BCUT2D eigenvalue weighted by Gasteiger charge is -2.36. The molecule has 1 heterocycles. The van der Waals surface area contributed by atoms with Gasteiger partial charge in [-0.1, -0.05) is 6.07 Å². The molecule has 0 spiro atoms. The van der Waals surface area contributed by atoms with E-state index in [4.69, 9.17) is 9.84 Å². The molecule has 0 radical (unpaired) electrons. The highest BCUT2D eigenvalue weighted by molar-refractivity contribution is 5.87. The topological polar surface area (TPSA) is 49.8 Å². The number of hydrogen-bond acceptors (Lipinski definition) is 3. The van der Waals surface area contributed by atoms with Crippen LogP contribution in [0, 0.1) is 0 Å². The van der Waals surface area contributed by atoms with Crippen LogP contribution in [0.4, 0.5) is 0 Å². The predicted molar refractivity (Wildman–Crippen MR) is 55.3 cm³/mol. The second-order valence-electron chi connectivity index (χ2n) is 3.79. The fraction of sp³-hybridized carbons (Fsp3) is 0.364. The van der Waals surface area contributed by atoms with E-state index in [1.54, 1.807) is 24.3 Å². The van der Waals surface area contributed by atoms with E-state index < -0.39 is 5.97 Å². The summed E-state index contributed by atoms with van der Waals surface area (Å²) in [5.41, 5.74) is 0.264. The van der Waals surface area contributed by atoms with Crippen molar-refractivity contribution >= 4 is 5.97 Å². The predicted octanol–water partition coefficient (Wildman–Crippen LogP) is 1.08. The fourth-order valence-corrected chi connectivity index (χ4v) is 1.61. The minimum absolute atomic E-state index is 0.194. The van der Waals surface area contributed by atoms with E-state index in [0.29, 0.717) is 5.75 Å². The van der Waals surface area contributed by atoms with Crippen LogP contribution < -0.4 is 4.74 Å². The highest BCUT2D eigenvalue weighted by Crippen LogP contribution is 2.18. The van der Waals surface area contributed by atoms with Crippen molar-refractivity contribution in [1.29, 1.82) is 0 Å². The van der Waals surface area contributed by atoms with Crippen LogP contribution in [0.1, 0.15) is 10.4 Å². The summed E-state index contributed by atoms with van der Waals surface area (Å²) < 4.78 is 5.61. The number of nitrogens with zero attached hydrogens (tertiary/aromatic N) is 1. The van der Waals surface area contributed by atoms with E-state index in [9.17, 15) is 4.79 Å². The van der Waals surface area contributed by atoms with Crippen molar-refractivity contribution in [2.75, 3.05) is 20.1 Å². The largest absolute Gasteiger partial charge is 0.488 e. The van der Waals surface area contributed by atoms with Crippen molar-refractivity contribution in [1.82, 2.24) is 4.90 Å². The number of hydrogen-bond donors (Lipinski definition) is 1. The molecule has 4 heteroatoms. The standard InChI is InChI=1S/C11H13NO3/c1-12-6-10(7-12)15-9-4-2-3-8(5-9)11(13)14/h2-5,10H,6-7H2,1H3,(H,13,14). The van der Waals surface area contributed by atoms with Crippen LogP contribution in [0.5, 0.6) is 5.75 Å². The molecular weight excluding hydrogens is 194 g/mol. The molecule has 0 unspecified atom stereocenters. The molecule has 1 saturated heterocycles. The smallest absolute Gasteiger partial charge is 0.335 e.